The highest BCUT2D eigenvalue weighted by Crippen LogP contribution is 2.36. The van der Waals surface area contributed by atoms with E-state index in [0.717, 1.165) is 12.0 Å². The molecule has 6 nitrogen and oxygen atoms in total. The van der Waals surface area contributed by atoms with Crippen LogP contribution in [0.3, 0.4) is 0 Å². The third-order valence-corrected chi connectivity index (χ3v) is 4.53. The average molecular weight is 413 g/mol. The zero-order valence-corrected chi connectivity index (χ0v) is 16.6. The summed E-state index contributed by atoms with van der Waals surface area (Å²) < 4.78 is 36.6. The van der Waals surface area contributed by atoms with Gasteiger partial charge >= 0.3 is 12.7 Å². The van der Waals surface area contributed by atoms with Crippen LogP contribution >= 0.6 is 0 Å². The number of amides is 1. The van der Waals surface area contributed by atoms with E-state index in [1.807, 2.05) is 18.4 Å². The van der Waals surface area contributed by atoms with Crippen LogP contribution in [0.1, 0.15) is 25.8 Å². The number of hydrogen-bond acceptors (Lipinski definition) is 4. The molecule has 8 heteroatoms. The Morgan fingerprint density at radius 2 is 1.93 bits per heavy atom. The number of fused-ring (bicyclic) bond motifs is 1. The van der Waals surface area contributed by atoms with Gasteiger partial charge in [-0.15, -0.1) is 0 Å². The molecule has 0 aliphatic heterocycles. The van der Waals surface area contributed by atoms with E-state index in [0.29, 0.717) is 41.0 Å². The van der Waals surface area contributed by atoms with Crippen LogP contribution in [0.25, 0.3) is 22.2 Å². The van der Waals surface area contributed by atoms with Gasteiger partial charge in [0, 0.05) is 23.7 Å². The van der Waals surface area contributed by atoms with Gasteiger partial charge in [0.25, 0.3) is 0 Å². The number of halogens is 2. The molecule has 156 valence electrons. The molecule has 1 aromatic heterocycles. The molecule has 0 bridgehead atoms. The number of carbonyl (C=O) groups excluding carboxylic acids is 1. The van der Waals surface area contributed by atoms with Crippen molar-refractivity contribution in [3.8, 4) is 23.1 Å². The van der Waals surface area contributed by atoms with E-state index in [9.17, 15) is 18.8 Å². The fraction of sp³-hybridized carbons (Fsp3) is 0.273. The minimum atomic E-state index is -2.92. The van der Waals surface area contributed by atoms with Gasteiger partial charge in [0.1, 0.15) is 11.8 Å². The molecule has 3 rings (SSSR count). The Hall–Kier alpha value is -3.60. The van der Waals surface area contributed by atoms with E-state index in [1.54, 1.807) is 30.3 Å². The first-order valence-electron chi connectivity index (χ1n) is 9.53. The highest BCUT2D eigenvalue weighted by atomic mass is 19.3. The van der Waals surface area contributed by atoms with Crippen LogP contribution in [-0.2, 0) is 11.3 Å². The monoisotopic (exact) mass is 413 g/mol. The summed E-state index contributed by atoms with van der Waals surface area (Å²) in [5.41, 5.74) is 3.06. The number of nitrogens with zero attached hydrogens (tertiary/aromatic N) is 2. The molecule has 0 radical (unpaired) electrons. The van der Waals surface area contributed by atoms with Crippen LogP contribution in [0, 0.1) is 11.3 Å². The summed E-state index contributed by atoms with van der Waals surface area (Å²) in [6.07, 6.45) is 0.200. The Bertz CT molecular complexity index is 1090. The third kappa shape index (κ3) is 4.35. The highest BCUT2D eigenvalue weighted by Gasteiger charge is 2.19. The molecule has 30 heavy (non-hydrogen) atoms. The number of rotatable bonds is 7. The van der Waals surface area contributed by atoms with Crippen LogP contribution in [0.15, 0.2) is 42.5 Å². The summed E-state index contributed by atoms with van der Waals surface area (Å²) in [5.74, 6) is 0.0332. The molecule has 2 aromatic carbocycles. The van der Waals surface area contributed by atoms with Gasteiger partial charge in [-0.1, -0.05) is 19.1 Å². The summed E-state index contributed by atoms with van der Waals surface area (Å²) in [7, 11) is 0. The molecule has 0 saturated carbocycles. The van der Waals surface area contributed by atoms with Gasteiger partial charge in [0.15, 0.2) is 0 Å². The lowest BCUT2D eigenvalue weighted by Crippen LogP contribution is -2.13. The first-order valence-corrected chi connectivity index (χ1v) is 9.53. The zero-order valence-electron chi connectivity index (χ0n) is 16.6. The summed E-state index contributed by atoms with van der Waals surface area (Å²) in [6.45, 7) is 1.75. The molecule has 0 aliphatic rings. The van der Waals surface area contributed by atoms with Gasteiger partial charge in [-0.25, -0.2) is 4.79 Å². The van der Waals surface area contributed by atoms with Gasteiger partial charge in [0.05, 0.1) is 23.4 Å². The molecule has 0 unspecified atom stereocenters. The molecular formula is C22H21F2N3O3. The average Bonchev–Trinajstić information content (AvgIpc) is 3.05. The Kier molecular flexibility index (Phi) is 6.52. The lowest BCUT2D eigenvalue weighted by molar-refractivity contribution is -0.0497. The quantitative estimate of drug-likeness (QED) is 0.534. The van der Waals surface area contributed by atoms with Gasteiger partial charge in [-0.05, 0) is 43.2 Å². The van der Waals surface area contributed by atoms with E-state index in [-0.39, 0.29) is 5.75 Å². The number of anilines is 1. The summed E-state index contributed by atoms with van der Waals surface area (Å²) in [6, 6.07) is 13.8. The number of carbonyl (C=O) groups is 1. The standard InChI is InChI=1S/C22H21F2N3O3/c1-3-11-29-22(28)26-15-7-5-14(6-8-15)20-18(13-25)17-10-9-16(30-21(23)24)12-19(17)27(20)4-2/h5-10,12,21H,3-4,11H2,1-2H3,(H,26,28). The second kappa shape index (κ2) is 9.27. The molecule has 3 aromatic rings. The number of hydrogen-bond donors (Lipinski definition) is 1. The zero-order chi connectivity index (χ0) is 21.7. The number of aromatic nitrogens is 1. The molecule has 1 amide bonds. The lowest BCUT2D eigenvalue weighted by Gasteiger charge is -2.11. The first kappa shape index (κ1) is 21.1. The third-order valence-electron chi connectivity index (χ3n) is 4.53. The molecule has 1 N–H and O–H groups in total. The number of benzene rings is 2. The van der Waals surface area contributed by atoms with Crippen molar-refractivity contribution in [2.45, 2.75) is 33.4 Å². The first-order chi connectivity index (χ1) is 14.5. The van der Waals surface area contributed by atoms with Crippen LogP contribution in [0.4, 0.5) is 19.3 Å². The van der Waals surface area contributed by atoms with Gasteiger partial charge in [-0.3, -0.25) is 5.32 Å². The molecular weight excluding hydrogens is 392 g/mol. The Morgan fingerprint density at radius 3 is 2.53 bits per heavy atom. The van der Waals surface area contributed by atoms with Crippen molar-refractivity contribution in [2.24, 2.45) is 0 Å². The number of ether oxygens (including phenoxy) is 2. The van der Waals surface area contributed by atoms with Crippen molar-refractivity contribution >= 4 is 22.7 Å². The molecule has 0 aliphatic carbocycles. The maximum Gasteiger partial charge on any atom is 0.411 e. The van der Waals surface area contributed by atoms with Crippen molar-refractivity contribution in [1.29, 1.82) is 5.26 Å². The molecule has 0 spiro atoms. The van der Waals surface area contributed by atoms with Crippen molar-refractivity contribution in [3.05, 3.63) is 48.0 Å². The smallest absolute Gasteiger partial charge is 0.411 e. The van der Waals surface area contributed by atoms with E-state index in [2.05, 4.69) is 16.1 Å². The van der Waals surface area contributed by atoms with Crippen molar-refractivity contribution in [2.75, 3.05) is 11.9 Å². The lowest BCUT2D eigenvalue weighted by atomic mass is 10.1. The topological polar surface area (TPSA) is 76.3 Å². The highest BCUT2D eigenvalue weighted by molar-refractivity contribution is 5.95. The van der Waals surface area contributed by atoms with Crippen LogP contribution in [0.5, 0.6) is 5.75 Å². The fourth-order valence-corrected chi connectivity index (χ4v) is 3.31. The maximum atomic E-state index is 12.6. The molecule has 1 heterocycles. The van der Waals surface area contributed by atoms with E-state index >= 15 is 0 Å². The number of nitrogens with one attached hydrogen (secondary N) is 1. The van der Waals surface area contributed by atoms with E-state index < -0.39 is 12.7 Å². The van der Waals surface area contributed by atoms with Crippen LogP contribution in [-0.4, -0.2) is 23.9 Å². The summed E-state index contributed by atoms with van der Waals surface area (Å²) >= 11 is 0. The maximum absolute atomic E-state index is 12.6. The second-order valence-corrected chi connectivity index (χ2v) is 6.48. The van der Waals surface area contributed by atoms with E-state index in [1.165, 1.54) is 12.1 Å². The summed E-state index contributed by atoms with van der Waals surface area (Å²) in [4.78, 5) is 11.7. The largest absolute Gasteiger partial charge is 0.449 e. The number of alkyl halides is 2. The number of aryl methyl sites for hydroxylation is 1. The molecule has 0 saturated heterocycles. The van der Waals surface area contributed by atoms with Gasteiger partial charge in [-0.2, -0.15) is 14.0 Å². The normalized spacial score (nSPS) is 10.8. The summed E-state index contributed by atoms with van der Waals surface area (Å²) in [5, 5.41) is 13.1. The molecule has 0 fully saturated rings. The predicted molar refractivity (Wildman–Crippen MR) is 110 cm³/mol. The van der Waals surface area contributed by atoms with Gasteiger partial charge in [0.2, 0.25) is 0 Å². The van der Waals surface area contributed by atoms with E-state index in [4.69, 9.17) is 4.74 Å². The van der Waals surface area contributed by atoms with Crippen LogP contribution < -0.4 is 10.1 Å². The van der Waals surface area contributed by atoms with Crippen molar-refractivity contribution < 1.29 is 23.0 Å². The van der Waals surface area contributed by atoms with Gasteiger partial charge < -0.3 is 14.0 Å². The SMILES string of the molecule is CCCOC(=O)Nc1ccc(-c2c(C#N)c3ccc(OC(F)F)cc3n2CC)cc1. The predicted octanol–water partition coefficient (Wildman–Crippen LogP) is 5.76. The Morgan fingerprint density at radius 1 is 1.20 bits per heavy atom. The second-order valence-electron chi connectivity index (χ2n) is 6.48. The number of nitriles is 1. The van der Waals surface area contributed by atoms with Crippen LogP contribution in [0.2, 0.25) is 0 Å². The molecule has 0 atom stereocenters. The van der Waals surface area contributed by atoms with Crippen molar-refractivity contribution in [1.82, 2.24) is 4.57 Å². The van der Waals surface area contributed by atoms with Crippen molar-refractivity contribution in [3.63, 3.8) is 0 Å². The fourth-order valence-electron chi connectivity index (χ4n) is 3.31. The minimum Gasteiger partial charge on any atom is -0.449 e. The Labute approximate surface area is 172 Å². The Balaban J connectivity index is 2.00. The minimum absolute atomic E-state index is 0.0332.